The minimum Gasteiger partial charge on any atom is -0.341 e. The molecule has 2 N–H and O–H groups in total. The second-order valence-electron chi connectivity index (χ2n) is 7.13. The lowest BCUT2D eigenvalue weighted by molar-refractivity contribution is -0.133. The molecule has 1 amide bonds. The molecule has 7 nitrogen and oxygen atoms in total. The molecule has 8 heteroatoms. The summed E-state index contributed by atoms with van der Waals surface area (Å²) in [7, 11) is 1.78. The van der Waals surface area contributed by atoms with Gasteiger partial charge < -0.3 is 15.2 Å². The van der Waals surface area contributed by atoms with E-state index in [0.29, 0.717) is 23.0 Å². The predicted octanol–water partition coefficient (Wildman–Crippen LogP) is 0.853. The molecule has 4 rings (SSSR count). The zero-order valence-corrected chi connectivity index (χ0v) is 15.4. The summed E-state index contributed by atoms with van der Waals surface area (Å²) >= 11 is 0. The maximum absolute atomic E-state index is 12.7. The molecule has 2 saturated heterocycles. The number of H-pyrrole nitrogens is 1. The van der Waals surface area contributed by atoms with E-state index in [1.165, 1.54) is 0 Å². The van der Waals surface area contributed by atoms with Crippen molar-refractivity contribution >= 4 is 29.2 Å². The van der Waals surface area contributed by atoms with E-state index < -0.39 is 11.2 Å². The zero-order chi connectivity index (χ0) is 17.6. The number of aromatic amines is 1. The average Bonchev–Trinajstić information content (AvgIpc) is 2.95. The van der Waals surface area contributed by atoms with Gasteiger partial charge in [0.05, 0.1) is 10.9 Å². The quantitative estimate of drug-likeness (QED) is 0.829. The van der Waals surface area contributed by atoms with Crippen LogP contribution in [0.1, 0.15) is 25.7 Å². The lowest BCUT2D eigenvalue weighted by atomic mass is 9.98. The van der Waals surface area contributed by atoms with Crippen LogP contribution in [0.5, 0.6) is 0 Å². The summed E-state index contributed by atoms with van der Waals surface area (Å²) in [4.78, 5) is 41.9. The standard InChI is InChI=1S/C18H22N4O3.ClH/c1-21(13-8-11-6-7-12(9-13)19-11)16(23)10-22-17(24)14-4-2-3-5-15(14)20-18(22)25;/h2-5,11-13,19H,6-10H2,1H3,(H,20,25);1H. The van der Waals surface area contributed by atoms with Crippen LogP contribution in [-0.4, -0.2) is 45.5 Å². The number of piperidine rings is 1. The van der Waals surface area contributed by atoms with Crippen LogP contribution in [0.4, 0.5) is 0 Å². The van der Waals surface area contributed by atoms with Gasteiger partial charge in [-0.25, -0.2) is 4.79 Å². The highest BCUT2D eigenvalue weighted by atomic mass is 35.5. The van der Waals surface area contributed by atoms with E-state index >= 15 is 0 Å². The Morgan fingerprint density at radius 2 is 1.85 bits per heavy atom. The van der Waals surface area contributed by atoms with Crippen molar-refractivity contribution in [3.05, 3.63) is 45.1 Å². The maximum atomic E-state index is 12.7. The van der Waals surface area contributed by atoms with Crippen molar-refractivity contribution in [1.82, 2.24) is 19.8 Å². The first-order chi connectivity index (χ1) is 12.0. The van der Waals surface area contributed by atoms with Gasteiger partial charge in [0.2, 0.25) is 5.91 Å². The number of carbonyl (C=O) groups is 1. The largest absolute Gasteiger partial charge is 0.341 e. The van der Waals surface area contributed by atoms with E-state index in [0.717, 1.165) is 30.3 Å². The molecule has 2 aromatic rings. The topological polar surface area (TPSA) is 87.2 Å². The lowest BCUT2D eigenvalue weighted by Crippen LogP contribution is -2.50. The fraction of sp³-hybridized carbons (Fsp3) is 0.500. The molecule has 1 aromatic heterocycles. The van der Waals surface area contributed by atoms with E-state index in [-0.39, 0.29) is 30.9 Å². The number of carbonyl (C=O) groups excluding carboxylic acids is 1. The predicted molar refractivity (Wildman–Crippen MR) is 102 cm³/mol. The number of aromatic nitrogens is 2. The summed E-state index contributed by atoms with van der Waals surface area (Å²) in [6, 6.07) is 7.96. The molecule has 140 valence electrons. The van der Waals surface area contributed by atoms with E-state index in [4.69, 9.17) is 0 Å². The first-order valence-corrected chi connectivity index (χ1v) is 8.76. The van der Waals surface area contributed by atoms with E-state index in [1.807, 2.05) is 0 Å². The van der Waals surface area contributed by atoms with Gasteiger partial charge in [0, 0.05) is 25.2 Å². The second kappa shape index (κ2) is 7.25. The van der Waals surface area contributed by atoms with E-state index in [1.54, 1.807) is 36.2 Å². The summed E-state index contributed by atoms with van der Waals surface area (Å²) in [5.74, 6) is -0.200. The Morgan fingerprint density at radius 1 is 1.19 bits per heavy atom. The van der Waals surface area contributed by atoms with Crippen LogP contribution in [0.15, 0.2) is 33.9 Å². The normalized spacial score (nSPS) is 24.3. The number of benzene rings is 1. The van der Waals surface area contributed by atoms with Crippen LogP contribution in [0.3, 0.4) is 0 Å². The van der Waals surface area contributed by atoms with Crippen molar-refractivity contribution in [3.8, 4) is 0 Å². The Kier molecular flexibility index (Phi) is 5.20. The molecule has 3 heterocycles. The van der Waals surface area contributed by atoms with Gasteiger partial charge in [-0.15, -0.1) is 12.4 Å². The van der Waals surface area contributed by atoms with Crippen LogP contribution in [0.2, 0.25) is 0 Å². The van der Waals surface area contributed by atoms with Crippen molar-refractivity contribution in [3.63, 3.8) is 0 Å². The fourth-order valence-corrected chi connectivity index (χ4v) is 4.14. The highest BCUT2D eigenvalue weighted by Gasteiger charge is 2.36. The van der Waals surface area contributed by atoms with Gasteiger partial charge in [-0.3, -0.25) is 14.2 Å². The molecule has 0 saturated carbocycles. The molecule has 2 atom stereocenters. The van der Waals surface area contributed by atoms with Crippen LogP contribution >= 0.6 is 12.4 Å². The number of nitrogens with zero attached hydrogens (tertiary/aromatic N) is 2. The molecule has 2 aliphatic rings. The molecule has 0 spiro atoms. The Morgan fingerprint density at radius 3 is 2.54 bits per heavy atom. The smallest absolute Gasteiger partial charge is 0.329 e. The number of hydrogen-bond donors (Lipinski definition) is 2. The number of nitrogens with one attached hydrogen (secondary N) is 2. The number of rotatable bonds is 3. The number of amides is 1. The molecule has 2 unspecified atom stereocenters. The summed E-state index contributed by atoms with van der Waals surface area (Å²) < 4.78 is 0.997. The molecule has 2 fully saturated rings. The molecule has 0 radical (unpaired) electrons. The van der Waals surface area contributed by atoms with Crippen LogP contribution in [0, 0.1) is 0 Å². The molecule has 0 aliphatic carbocycles. The van der Waals surface area contributed by atoms with Crippen molar-refractivity contribution in [2.45, 2.75) is 50.4 Å². The van der Waals surface area contributed by atoms with Crippen LogP contribution < -0.4 is 16.6 Å². The molecular weight excluding hydrogens is 356 g/mol. The fourth-order valence-electron chi connectivity index (χ4n) is 4.14. The molecule has 1 aromatic carbocycles. The Hall–Kier alpha value is -2.12. The summed E-state index contributed by atoms with van der Waals surface area (Å²) in [6.07, 6.45) is 4.18. The van der Waals surface area contributed by atoms with Crippen molar-refractivity contribution in [2.24, 2.45) is 0 Å². The first kappa shape index (κ1) is 18.7. The number of likely N-dealkylation sites (N-methyl/N-ethyl adjacent to an activating group) is 1. The van der Waals surface area contributed by atoms with E-state index in [9.17, 15) is 14.4 Å². The van der Waals surface area contributed by atoms with Gasteiger partial charge in [0.15, 0.2) is 0 Å². The Labute approximate surface area is 156 Å². The number of hydrogen-bond acceptors (Lipinski definition) is 4. The molecule has 26 heavy (non-hydrogen) atoms. The van der Waals surface area contributed by atoms with Gasteiger partial charge in [0.1, 0.15) is 6.54 Å². The minimum atomic E-state index is -0.546. The lowest BCUT2D eigenvalue weighted by Gasteiger charge is -2.35. The molecule has 2 bridgehead atoms. The number of para-hydroxylation sites is 1. The SMILES string of the molecule is CN(C(=O)Cn1c(=O)[nH]c2ccccc2c1=O)C1CC2CCC(C1)N2.Cl. The number of fused-ring (bicyclic) bond motifs is 3. The van der Waals surface area contributed by atoms with Gasteiger partial charge >= 0.3 is 5.69 Å². The van der Waals surface area contributed by atoms with Gasteiger partial charge in [0.25, 0.3) is 5.56 Å². The third kappa shape index (κ3) is 3.29. The van der Waals surface area contributed by atoms with Crippen molar-refractivity contribution in [1.29, 1.82) is 0 Å². The monoisotopic (exact) mass is 378 g/mol. The third-order valence-corrected chi connectivity index (χ3v) is 5.57. The Bertz CT molecular complexity index is 926. The molecule has 2 aliphatic heterocycles. The van der Waals surface area contributed by atoms with Gasteiger partial charge in [-0.2, -0.15) is 0 Å². The van der Waals surface area contributed by atoms with Gasteiger partial charge in [-0.1, -0.05) is 12.1 Å². The van der Waals surface area contributed by atoms with Crippen LogP contribution in [0.25, 0.3) is 10.9 Å². The average molecular weight is 379 g/mol. The van der Waals surface area contributed by atoms with Crippen molar-refractivity contribution < 1.29 is 4.79 Å². The molecular formula is C18H23ClN4O3. The zero-order valence-electron chi connectivity index (χ0n) is 14.6. The summed E-state index contributed by atoms with van der Waals surface area (Å²) in [5, 5.41) is 3.97. The second-order valence-corrected chi connectivity index (χ2v) is 7.13. The first-order valence-electron chi connectivity index (χ1n) is 8.76. The highest BCUT2D eigenvalue weighted by molar-refractivity contribution is 5.85. The van der Waals surface area contributed by atoms with E-state index in [2.05, 4.69) is 10.3 Å². The summed E-state index contributed by atoms with van der Waals surface area (Å²) in [5.41, 5.74) is -0.480. The minimum absolute atomic E-state index is 0. The van der Waals surface area contributed by atoms with Gasteiger partial charge in [-0.05, 0) is 37.8 Å². The number of halogens is 1. The summed E-state index contributed by atoms with van der Waals surface area (Å²) in [6.45, 7) is -0.227. The third-order valence-electron chi connectivity index (χ3n) is 5.57. The maximum Gasteiger partial charge on any atom is 0.329 e. The highest BCUT2D eigenvalue weighted by Crippen LogP contribution is 2.29. The van der Waals surface area contributed by atoms with Crippen LogP contribution in [-0.2, 0) is 11.3 Å². The Balaban J connectivity index is 0.00000196. The van der Waals surface area contributed by atoms with Crippen molar-refractivity contribution in [2.75, 3.05) is 7.05 Å².